The molecular formula is C11H14N4O. The second-order valence-corrected chi connectivity index (χ2v) is 3.48. The summed E-state index contributed by atoms with van der Waals surface area (Å²) in [5, 5.41) is 11.2. The number of hydrogen-bond donors (Lipinski definition) is 2. The number of nitrogens with zero attached hydrogens (tertiary/aromatic N) is 2. The van der Waals surface area contributed by atoms with Gasteiger partial charge in [0.2, 0.25) is 0 Å². The third-order valence-electron chi connectivity index (χ3n) is 2.08. The predicted octanol–water partition coefficient (Wildman–Crippen LogP) is 0.430. The van der Waals surface area contributed by atoms with E-state index < -0.39 is 0 Å². The molecule has 0 aliphatic rings. The zero-order valence-electron chi connectivity index (χ0n) is 9.10. The number of hydrogen-bond acceptors (Lipinski definition) is 4. The molecular weight excluding hydrogens is 204 g/mol. The minimum Gasteiger partial charge on any atom is -0.351 e. The van der Waals surface area contributed by atoms with Gasteiger partial charge in [0.05, 0.1) is 17.7 Å². The van der Waals surface area contributed by atoms with Crippen molar-refractivity contribution < 1.29 is 4.79 Å². The molecule has 5 nitrogen and oxygen atoms in total. The van der Waals surface area contributed by atoms with Crippen molar-refractivity contribution in [3.63, 3.8) is 0 Å². The summed E-state index contributed by atoms with van der Waals surface area (Å²) in [6.45, 7) is 2.39. The highest BCUT2D eigenvalue weighted by Gasteiger charge is 2.07. The number of carbonyl (C=O) groups is 1. The van der Waals surface area contributed by atoms with Gasteiger partial charge >= 0.3 is 0 Å². The number of nitrogens with two attached hydrogens (primary N) is 1. The lowest BCUT2D eigenvalue weighted by Crippen LogP contribution is -2.27. The molecule has 0 spiro atoms. The molecule has 0 saturated carbocycles. The summed E-state index contributed by atoms with van der Waals surface area (Å²) in [7, 11) is 0. The van der Waals surface area contributed by atoms with E-state index in [0.717, 1.165) is 0 Å². The molecule has 0 saturated heterocycles. The van der Waals surface area contributed by atoms with Crippen LogP contribution >= 0.6 is 0 Å². The van der Waals surface area contributed by atoms with E-state index in [-0.39, 0.29) is 11.8 Å². The maximum absolute atomic E-state index is 11.6. The van der Waals surface area contributed by atoms with Crippen LogP contribution in [0.4, 0.5) is 0 Å². The van der Waals surface area contributed by atoms with Crippen LogP contribution in [0.5, 0.6) is 0 Å². The van der Waals surface area contributed by atoms with Crippen LogP contribution in [0.3, 0.4) is 0 Å². The van der Waals surface area contributed by atoms with E-state index in [1.807, 2.05) is 6.07 Å². The summed E-state index contributed by atoms with van der Waals surface area (Å²) in [4.78, 5) is 15.6. The van der Waals surface area contributed by atoms with Gasteiger partial charge in [-0.15, -0.1) is 0 Å². The third-order valence-corrected chi connectivity index (χ3v) is 2.08. The number of pyridine rings is 1. The first-order valence-corrected chi connectivity index (χ1v) is 5.00. The lowest BCUT2D eigenvalue weighted by Gasteiger charge is -2.06. The summed E-state index contributed by atoms with van der Waals surface area (Å²) in [5.41, 5.74) is 6.61. The normalized spacial score (nSPS) is 11.6. The Morgan fingerprint density at radius 2 is 2.50 bits per heavy atom. The molecule has 84 valence electrons. The predicted molar refractivity (Wildman–Crippen MR) is 59.2 cm³/mol. The van der Waals surface area contributed by atoms with Crippen molar-refractivity contribution in [2.24, 2.45) is 11.7 Å². The number of nitriles is 1. The molecule has 0 bridgehead atoms. The van der Waals surface area contributed by atoms with Crippen molar-refractivity contribution in [2.45, 2.75) is 13.5 Å². The molecule has 0 aliphatic carbocycles. The second kappa shape index (κ2) is 5.83. The second-order valence-electron chi connectivity index (χ2n) is 3.48. The van der Waals surface area contributed by atoms with Crippen molar-refractivity contribution in [3.05, 3.63) is 29.6 Å². The van der Waals surface area contributed by atoms with Gasteiger partial charge in [0.15, 0.2) is 0 Å². The number of carbonyl (C=O) groups excluding carboxylic acids is 1. The monoisotopic (exact) mass is 218 g/mol. The summed E-state index contributed by atoms with van der Waals surface area (Å²) < 4.78 is 0. The number of rotatable bonds is 4. The molecule has 0 aliphatic heterocycles. The van der Waals surface area contributed by atoms with Gasteiger partial charge in [0.1, 0.15) is 0 Å². The quantitative estimate of drug-likeness (QED) is 0.766. The van der Waals surface area contributed by atoms with Crippen molar-refractivity contribution in [1.29, 1.82) is 5.26 Å². The highest BCUT2D eigenvalue weighted by atomic mass is 16.1. The Balaban J connectivity index is 2.63. The van der Waals surface area contributed by atoms with Gasteiger partial charge < -0.3 is 11.1 Å². The average molecular weight is 218 g/mol. The standard InChI is InChI=1S/C11H14N4O/c1-8(5-12)7-15-11(16)9-2-3-14-10(4-9)6-13/h2-4,8H,6-7,13H2,1H3,(H,15,16). The molecule has 5 heteroatoms. The Morgan fingerprint density at radius 3 is 3.12 bits per heavy atom. The molecule has 1 heterocycles. The number of amides is 1. The number of nitrogens with one attached hydrogen (secondary N) is 1. The Hall–Kier alpha value is -1.93. The van der Waals surface area contributed by atoms with E-state index >= 15 is 0 Å². The van der Waals surface area contributed by atoms with E-state index in [1.165, 1.54) is 0 Å². The van der Waals surface area contributed by atoms with Gasteiger partial charge in [0.25, 0.3) is 5.91 Å². The molecule has 0 fully saturated rings. The van der Waals surface area contributed by atoms with Gasteiger partial charge in [-0.2, -0.15) is 5.26 Å². The zero-order chi connectivity index (χ0) is 12.0. The Kier molecular flexibility index (Phi) is 4.42. The summed E-state index contributed by atoms with van der Waals surface area (Å²) in [6.07, 6.45) is 1.55. The van der Waals surface area contributed by atoms with E-state index in [1.54, 1.807) is 25.3 Å². The zero-order valence-corrected chi connectivity index (χ0v) is 9.10. The topological polar surface area (TPSA) is 91.8 Å². The molecule has 1 atom stereocenters. The van der Waals surface area contributed by atoms with Gasteiger partial charge in [-0.25, -0.2) is 0 Å². The number of aromatic nitrogens is 1. The fourth-order valence-electron chi connectivity index (χ4n) is 1.12. The maximum Gasteiger partial charge on any atom is 0.251 e. The van der Waals surface area contributed by atoms with Crippen LogP contribution in [0.15, 0.2) is 18.3 Å². The fourth-order valence-corrected chi connectivity index (χ4v) is 1.12. The molecule has 1 unspecified atom stereocenters. The van der Waals surface area contributed by atoms with Crippen molar-refractivity contribution in [2.75, 3.05) is 6.54 Å². The molecule has 1 aromatic rings. The van der Waals surface area contributed by atoms with E-state index in [2.05, 4.69) is 10.3 Å². The highest BCUT2D eigenvalue weighted by Crippen LogP contribution is 2.01. The van der Waals surface area contributed by atoms with E-state index in [4.69, 9.17) is 11.0 Å². The lowest BCUT2D eigenvalue weighted by atomic mass is 10.2. The van der Waals surface area contributed by atoms with E-state index in [0.29, 0.717) is 24.3 Å². The first kappa shape index (κ1) is 12.1. The largest absolute Gasteiger partial charge is 0.351 e. The van der Waals surface area contributed by atoms with Crippen molar-refractivity contribution in [1.82, 2.24) is 10.3 Å². The molecule has 16 heavy (non-hydrogen) atoms. The Morgan fingerprint density at radius 1 is 1.75 bits per heavy atom. The Labute approximate surface area is 94.3 Å². The van der Waals surface area contributed by atoms with Crippen LogP contribution in [0.25, 0.3) is 0 Å². The molecule has 0 aromatic carbocycles. The van der Waals surface area contributed by atoms with Crippen LogP contribution in [0.1, 0.15) is 23.0 Å². The minimum absolute atomic E-state index is 0.195. The molecule has 1 aromatic heterocycles. The third kappa shape index (κ3) is 3.33. The van der Waals surface area contributed by atoms with E-state index in [9.17, 15) is 4.79 Å². The first-order chi connectivity index (χ1) is 7.67. The van der Waals surface area contributed by atoms with Crippen LogP contribution < -0.4 is 11.1 Å². The molecule has 1 rings (SSSR count). The van der Waals surface area contributed by atoms with Gasteiger partial charge in [0, 0.05) is 24.8 Å². The lowest BCUT2D eigenvalue weighted by molar-refractivity contribution is 0.0950. The smallest absolute Gasteiger partial charge is 0.251 e. The SMILES string of the molecule is CC(C#N)CNC(=O)c1ccnc(CN)c1. The van der Waals surface area contributed by atoms with Crippen LogP contribution in [-0.2, 0) is 6.54 Å². The highest BCUT2D eigenvalue weighted by molar-refractivity contribution is 5.94. The summed E-state index contributed by atoms with van der Waals surface area (Å²) in [6, 6.07) is 5.31. The van der Waals surface area contributed by atoms with Crippen LogP contribution in [-0.4, -0.2) is 17.4 Å². The molecule has 0 radical (unpaired) electrons. The van der Waals surface area contributed by atoms with Gasteiger partial charge in [-0.1, -0.05) is 0 Å². The fraction of sp³-hybridized carbons (Fsp3) is 0.364. The van der Waals surface area contributed by atoms with Crippen LogP contribution in [0, 0.1) is 17.2 Å². The van der Waals surface area contributed by atoms with Gasteiger partial charge in [-0.05, 0) is 19.1 Å². The van der Waals surface area contributed by atoms with Crippen molar-refractivity contribution in [3.8, 4) is 6.07 Å². The molecule has 3 N–H and O–H groups in total. The first-order valence-electron chi connectivity index (χ1n) is 5.00. The van der Waals surface area contributed by atoms with Gasteiger partial charge in [-0.3, -0.25) is 9.78 Å². The summed E-state index contributed by atoms with van der Waals surface area (Å²) >= 11 is 0. The maximum atomic E-state index is 11.6. The van der Waals surface area contributed by atoms with Crippen molar-refractivity contribution >= 4 is 5.91 Å². The molecule has 1 amide bonds. The van der Waals surface area contributed by atoms with Crippen LogP contribution in [0.2, 0.25) is 0 Å². The summed E-state index contributed by atoms with van der Waals surface area (Å²) in [5.74, 6) is -0.404. The minimum atomic E-state index is -0.209. The average Bonchev–Trinajstić information content (AvgIpc) is 2.35. The Bertz CT molecular complexity index is 411.